The van der Waals surface area contributed by atoms with Gasteiger partial charge < -0.3 is 15.3 Å². The molecule has 1 aliphatic heterocycles. The molecule has 1 amide bonds. The van der Waals surface area contributed by atoms with Crippen molar-refractivity contribution in [3.8, 4) is 0 Å². The Labute approximate surface area is 113 Å². The highest BCUT2D eigenvalue weighted by Gasteiger charge is 2.23. The lowest BCUT2D eigenvalue weighted by Crippen LogP contribution is -2.42. The molecule has 0 aromatic carbocycles. The summed E-state index contributed by atoms with van der Waals surface area (Å²) in [5.41, 5.74) is 1.35. The molecule has 0 spiro atoms. The Morgan fingerprint density at radius 3 is 3.21 bits per heavy atom. The molecule has 1 atom stereocenters. The lowest BCUT2D eigenvalue weighted by atomic mass is 10.1. The summed E-state index contributed by atoms with van der Waals surface area (Å²) in [5, 5.41) is 12.9. The maximum atomic E-state index is 12.3. The number of aliphatic hydroxyl groups excluding tert-OH is 1. The van der Waals surface area contributed by atoms with Gasteiger partial charge in [-0.05, 0) is 31.4 Å². The van der Waals surface area contributed by atoms with Crippen molar-refractivity contribution >= 4 is 11.6 Å². The van der Waals surface area contributed by atoms with E-state index in [0.29, 0.717) is 18.8 Å². The number of rotatable bonds is 4. The number of amides is 1. The maximum Gasteiger partial charge on any atom is 0.272 e. The maximum absolute atomic E-state index is 12.3. The van der Waals surface area contributed by atoms with Gasteiger partial charge in [0.2, 0.25) is 0 Å². The van der Waals surface area contributed by atoms with Crippen LogP contribution in [-0.4, -0.2) is 46.6 Å². The highest BCUT2D eigenvalue weighted by atomic mass is 16.3. The van der Waals surface area contributed by atoms with Gasteiger partial charge in [0.15, 0.2) is 0 Å². The smallest absolute Gasteiger partial charge is 0.272 e. The van der Waals surface area contributed by atoms with E-state index in [2.05, 4.69) is 17.2 Å². The van der Waals surface area contributed by atoms with Crippen LogP contribution in [0.4, 0.5) is 5.69 Å². The fraction of sp³-hybridized carbons (Fsp3) is 0.571. The summed E-state index contributed by atoms with van der Waals surface area (Å²) < 4.78 is 0. The van der Waals surface area contributed by atoms with Gasteiger partial charge in [-0.15, -0.1) is 0 Å². The second-order valence-electron chi connectivity index (χ2n) is 4.90. The summed E-state index contributed by atoms with van der Waals surface area (Å²) >= 11 is 0. The molecular weight excluding hydrogens is 242 g/mol. The van der Waals surface area contributed by atoms with E-state index in [9.17, 15) is 9.90 Å². The highest BCUT2D eigenvalue weighted by Crippen LogP contribution is 2.15. The second-order valence-corrected chi connectivity index (χ2v) is 4.90. The van der Waals surface area contributed by atoms with Gasteiger partial charge in [0.25, 0.3) is 5.91 Å². The zero-order valence-electron chi connectivity index (χ0n) is 11.3. The lowest BCUT2D eigenvalue weighted by molar-refractivity contribution is 0.0469. The number of hydrogen-bond acceptors (Lipinski definition) is 4. The summed E-state index contributed by atoms with van der Waals surface area (Å²) in [6, 6.07) is 3.64. The summed E-state index contributed by atoms with van der Waals surface area (Å²) in [7, 11) is 0. The number of likely N-dealkylation sites (tertiary alicyclic amines) is 1. The molecule has 19 heavy (non-hydrogen) atoms. The topological polar surface area (TPSA) is 65.5 Å². The number of piperidine rings is 1. The average molecular weight is 263 g/mol. The van der Waals surface area contributed by atoms with Gasteiger partial charge in [0.05, 0.1) is 6.10 Å². The summed E-state index contributed by atoms with van der Waals surface area (Å²) in [4.78, 5) is 18.1. The van der Waals surface area contributed by atoms with E-state index in [4.69, 9.17) is 0 Å². The number of nitrogens with zero attached hydrogens (tertiary/aromatic N) is 2. The van der Waals surface area contributed by atoms with Gasteiger partial charge >= 0.3 is 0 Å². The minimum absolute atomic E-state index is 0.0982. The van der Waals surface area contributed by atoms with E-state index >= 15 is 0 Å². The van der Waals surface area contributed by atoms with Crippen molar-refractivity contribution in [1.29, 1.82) is 0 Å². The number of aromatic nitrogens is 1. The van der Waals surface area contributed by atoms with Gasteiger partial charge in [-0.25, -0.2) is 0 Å². The molecule has 104 valence electrons. The summed E-state index contributed by atoms with van der Waals surface area (Å²) in [5.74, 6) is -0.0982. The van der Waals surface area contributed by atoms with E-state index in [-0.39, 0.29) is 5.91 Å². The van der Waals surface area contributed by atoms with Gasteiger partial charge in [-0.1, -0.05) is 6.92 Å². The second kappa shape index (κ2) is 6.52. The van der Waals surface area contributed by atoms with Crippen molar-refractivity contribution in [3.05, 3.63) is 24.0 Å². The number of hydrogen-bond donors (Lipinski definition) is 2. The molecule has 0 saturated carbocycles. The number of carbonyl (C=O) groups excluding carboxylic acids is 1. The molecule has 2 rings (SSSR count). The summed E-state index contributed by atoms with van der Waals surface area (Å²) in [6.45, 7) is 4.08. The van der Waals surface area contributed by atoms with Crippen molar-refractivity contribution in [3.63, 3.8) is 0 Å². The fourth-order valence-corrected chi connectivity index (χ4v) is 2.23. The molecule has 0 aliphatic carbocycles. The minimum atomic E-state index is -0.404. The van der Waals surface area contributed by atoms with E-state index in [0.717, 1.165) is 31.5 Å². The summed E-state index contributed by atoms with van der Waals surface area (Å²) in [6.07, 6.45) is 3.89. The Morgan fingerprint density at radius 1 is 1.63 bits per heavy atom. The number of pyridine rings is 1. The quantitative estimate of drug-likeness (QED) is 0.864. The Hall–Kier alpha value is -1.62. The van der Waals surface area contributed by atoms with E-state index in [1.807, 2.05) is 6.07 Å². The molecule has 1 fully saturated rings. The fourth-order valence-electron chi connectivity index (χ4n) is 2.23. The lowest BCUT2D eigenvalue weighted by Gasteiger charge is -2.29. The molecule has 0 radical (unpaired) electrons. The minimum Gasteiger partial charge on any atom is -0.391 e. The molecule has 1 aliphatic rings. The predicted molar refractivity (Wildman–Crippen MR) is 74.2 cm³/mol. The van der Waals surface area contributed by atoms with Gasteiger partial charge in [0.1, 0.15) is 5.69 Å². The molecular formula is C14H21N3O2. The van der Waals surface area contributed by atoms with Crippen LogP contribution in [-0.2, 0) is 0 Å². The molecule has 1 aromatic heterocycles. The Bertz CT molecular complexity index is 436. The zero-order valence-corrected chi connectivity index (χ0v) is 11.3. The molecule has 1 unspecified atom stereocenters. The van der Waals surface area contributed by atoms with Crippen LogP contribution in [0.3, 0.4) is 0 Å². The van der Waals surface area contributed by atoms with Crippen LogP contribution < -0.4 is 5.32 Å². The Kier molecular flexibility index (Phi) is 4.74. The largest absolute Gasteiger partial charge is 0.391 e. The average Bonchev–Trinajstić information content (AvgIpc) is 2.44. The third kappa shape index (κ3) is 3.67. The van der Waals surface area contributed by atoms with E-state index in [1.165, 1.54) is 0 Å². The first-order valence-corrected chi connectivity index (χ1v) is 6.88. The first-order valence-electron chi connectivity index (χ1n) is 6.88. The normalized spacial score (nSPS) is 19.3. The highest BCUT2D eigenvalue weighted by molar-refractivity contribution is 5.93. The standard InChI is InChI=1S/C14H21N3O2/c1-2-6-15-11-5-7-16-13(9-11)14(19)17-8-3-4-12(18)10-17/h5,7,9,12,18H,2-4,6,8,10H2,1H3,(H,15,16). The number of carbonyl (C=O) groups is 1. The van der Waals surface area contributed by atoms with Crippen LogP contribution in [0.1, 0.15) is 36.7 Å². The number of nitrogens with one attached hydrogen (secondary N) is 1. The van der Waals surface area contributed by atoms with Crippen molar-refractivity contribution < 1.29 is 9.90 Å². The molecule has 1 aromatic rings. The van der Waals surface area contributed by atoms with Crippen LogP contribution >= 0.6 is 0 Å². The van der Waals surface area contributed by atoms with Gasteiger partial charge in [-0.3, -0.25) is 9.78 Å². The first kappa shape index (κ1) is 13.8. The molecule has 5 heteroatoms. The Balaban J connectivity index is 2.05. The van der Waals surface area contributed by atoms with Gasteiger partial charge in [-0.2, -0.15) is 0 Å². The molecule has 0 bridgehead atoms. The zero-order chi connectivity index (χ0) is 13.7. The van der Waals surface area contributed by atoms with Crippen LogP contribution in [0.2, 0.25) is 0 Å². The predicted octanol–water partition coefficient (Wildman–Crippen LogP) is 1.50. The van der Waals surface area contributed by atoms with Crippen LogP contribution in [0.5, 0.6) is 0 Å². The van der Waals surface area contributed by atoms with Crippen LogP contribution in [0, 0.1) is 0 Å². The molecule has 5 nitrogen and oxygen atoms in total. The monoisotopic (exact) mass is 263 g/mol. The Morgan fingerprint density at radius 2 is 2.47 bits per heavy atom. The van der Waals surface area contributed by atoms with Crippen molar-refractivity contribution in [2.24, 2.45) is 0 Å². The van der Waals surface area contributed by atoms with Crippen LogP contribution in [0.15, 0.2) is 18.3 Å². The van der Waals surface area contributed by atoms with Crippen LogP contribution in [0.25, 0.3) is 0 Å². The van der Waals surface area contributed by atoms with E-state index < -0.39 is 6.10 Å². The molecule has 2 N–H and O–H groups in total. The number of β-amino-alcohol motifs (C(OH)–C–C–N with tert-alkyl or cyclic N) is 1. The first-order chi connectivity index (χ1) is 9.20. The van der Waals surface area contributed by atoms with Crippen molar-refractivity contribution in [2.75, 3.05) is 25.0 Å². The molecule has 2 heterocycles. The molecule has 1 saturated heterocycles. The number of aliphatic hydroxyl groups is 1. The van der Waals surface area contributed by atoms with E-state index in [1.54, 1.807) is 17.2 Å². The van der Waals surface area contributed by atoms with Crippen molar-refractivity contribution in [2.45, 2.75) is 32.3 Å². The van der Waals surface area contributed by atoms with Gasteiger partial charge in [0, 0.05) is 31.5 Å². The number of anilines is 1. The SMILES string of the molecule is CCCNc1ccnc(C(=O)N2CCCC(O)C2)c1. The third-order valence-electron chi connectivity index (χ3n) is 3.24. The van der Waals surface area contributed by atoms with Crippen molar-refractivity contribution in [1.82, 2.24) is 9.88 Å². The third-order valence-corrected chi connectivity index (χ3v) is 3.24.